The number of rotatable bonds is 23. The number of hydrogen-bond acceptors (Lipinski definition) is 10. The molecule has 1 aliphatic rings. The zero-order chi connectivity index (χ0) is 39.0. The topological polar surface area (TPSA) is 177 Å². The van der Waals surface area contributed by atoms with Crippen LogP contribution in [0.3, 0.4) is 0 Å². The van der Waals surface area contributed by atoms with Crippen LogP contribution in [0.5, 0.6) is 0 Å². The summed E-state index contributed by atoms with van der Waals surface area (Å²) in [5.41, 5.74) is 1.08. The highest BCUT2D eigenvalue weighted by molar-refractivity contribution is 5.90. The first-order valence-corrected chi connectivity index (χ1v) is 18.9. The Bertz CT molecular complexity index is 1240. The Labute approximate surface area is 311 Å². The number of likely N-dealkylation sites (tertiary alicyclic amines) is 1. The summed E-state index contributed by atoms with van der Waals surface area (Å²) in [7, 11) is 4.87. The predicted molar refractivity (Wildman–Crippen MR) is 201 cm³/mol. The van der Waals surface area contributed by atoms with Crippen molar-refractivity contribution in [1.29, 1.82) is 0 Å². The average Bonchev–Trinajstić information content (AvgIpc) is 3.61. The molecule has 296 valence electrons. The van der Waals surface area contributed by atoms with Crippen LogP contribution in [0.25, 0.3) is 0 Å². The second-order valence-corrected chi connectivity index (χ2v) is 14.8. The van der Waals surface area contributed by atoms with Crippen LogP contribution in [0.2, 0.25) is 0 Å². The fourth-order valence-corrected chi connectivity index (χ4v) is 7.23. The zero-order valence-electron chi connectivity index (χ0n) is 33.2. The molecule has 1 fully saturated rings. The van der Waals surface area contributed by atoms with Gasteiger partial charge in [0.2, 0.25) is 23.6 Å². The molecule has 2 heterocycles. The van der Waals surface area contributed by atoms with Gasteiger partial charge in [-0.25, -0.2) is 5.90 Å². The zero-order valence-corrected chi connectivity index (χ0v) is 33.2. The Morgan fingerprint density at radius 3 is 2.19 bits per heavy atom. The van der Waals surface area contributed by atoms with Crippen molar-refractivity contribution in [1.82, 2.24) is 30.7 Å². The first kappa shape index (κ1) is 45.0. The molecule has 2 rings (SSSR count). The first-order chi connectivity index (χ1) is 24.7. The van der Waals surface area contributed by atoms with E-state index in [1.165, 1.54) is 0 Å². The molecule has 1 saturated heterocycles. The van der Waals surface area contributed by atoms with Crippen LogP contribution < -0.4 is 21.8 Å². The van der Waals surface area contributed by atoms with Crippen LogP contribution in [0.1, 0.15) is 79.7 Å². The predicted octanol–water partition coefficient (Wildman–Crippen LogP) is 2.31. The van der Waals surface area contributed by atoms with Crippen molar-refractivity contribution in [3.05, 3.63) is 30.1 Å². The van der Waals surface area contributed by atoms with E-state index in [1.54, 1.807) is 38.6 Å². The molecule has 0 saturated carbocycles. The minimum Gasteiger partial charge on any atom is -0.379 e. The number of nitrogens with two attached hydrogens (primary N) is 1. The third kappa shape index (κ3) is 12.8. The maximum Gasteiger partial charge on any atom is 0.245 e. The van der Waals surface area contributed by atoms with Gasteiger partial charge < -0.3 is 40.1 Å². The molecule has 52 heavy (non-hydrogen) atoms. The maximum atomic E-state index is 14.2. The van der Waals surface area contributed by atoms with Crippen molar-refractivity contribution in [2.75, 3.05) is 47.5 Å². The normalized spacial score (nSPS) is 18.7. The molecule has 0 bridgehead atoms. The van der Waals surface area contributed by atoms with E-state index in [9.17, 15) is 19.2 Å². The van der Waals surface area contributed by atoms with Gasteiger partial charge in [0.05, 0.1) is 49.3 Å². The Kier molecular flexibility index (Phi) is 19.7. The Morgan fingerprint density at radius 2 is 1.63 bits per heavy atom. The number of amides is 4. The number of likely N-dealkylation sites (N-methyl/N-ethyl adjacent to an activating group) is 1. The van der Waals surface area contributed by atoms with Gasteiger partial charge in [0.25, 0.3) is 0 Å². The lowest BCUT2D eigenvalue weighted by molar-refractivity contribution is -0.147. The fourth-order valence-electron chi connectivity index (χ4n) is 7.23. The van der Waals surface area contributed by atoms with Crippen LogP contribution in [0, 0.1) is 23.7 Å². The lowest BCUT2D eigenvalue weighted by atomic mass is 9.89. The lowest BCUT2D eigenvalue weighted by Crippen LogP contribution is -2.60. The smallest absolute Gasteiger partial charge is 0.245 e. The fraction of sp³-hybridized carbons (Fsp3) is 0.763. The molecule has 1 unspecified atom stereocenters. The number of nitrogens with one attached hydrogen (secondary N) is 3. The van der Waals surface area contributed by atoms with Crippen LogP contribution in [0.4, 0.5) is 0 Å². The summed E-state index contributed by atoms with van der Waals surface area (Å²) in [6.07, 6.45) is 5.33. The third-order valence-electron chi connectivity index (χ3n) is 10.5. The van der Waals surface area contributed by atoms with E-state index in [1.807, 2.05) is 65.5 Å². The quantitative estimate of drug-likeness (QED) is 0.0965. The van der Waals surface area contributed by atoms with Crippen molar-refractivity contribution in [3.8, 4) is 0 Å². The van der Waals surface area contributed by atoms with E-state index < -0.39 is 36.3 Å². The molecule has 1 aromatic heterocycles. The molecule has 0 radical (unpaired) electrons. The van der Waals surface area contributed by atoms with Gasteiger partial charge in [-0.1, -0.05) is 54.9 Å². The standard InChI is InChI=1S/C38H67N7O7/c1-11-26(6)34(44(8)38(49)33(25(4)5)43-37(48)32(24(2)3)41-20-22-52-39)30(50-9)23-31(46)45-21-12-13-29(45)35(51-10)27(7)36(47)42-19-16-28-14-17-40-18-15-28/h14-15,17-18,24-27,29-30,32-35,41H,11-13,16,19-23,39H2,1-10H3,(H,42,47)(H,43,48)/t26-,27+,29-,30+,32-,33-,34?,35+/m0/s1. The minimum absolute atomic E-state index is 0.0199. The molecule has 0 spiro atoms. The van der Waals surface area contributed by atoms with Crippen LogP contribution >= 0.6 is 0 Å². The number of carbonyl (C=O) groups excluding carboxylic acids is 4. The average molecular weight is 734 g/mol. The summed E-state index contributed by atoms with van der Waals surface area (Å²) in [5, 5.41) is 9.18. The largest absolute Gasteiger partial charge is 0.379 e. The number of pyridine rings is 1. The van der Waals surface area contributed by atoms with Crippen molar-refractivity contribution in [2.45, 2.75) is 117 Å². The second-order valence-electron chi connectivity index (χ2n) is 14.8. The molecular formula is C38H67N7O7. The van der Waals surface area contributed by atoms with Crippen molar-refractivity contribution < 1.29 is 33.5 Å². The van der Waals surface area contributed by atoms with E-state index in [-0.39, 0.29) is 60.5 Å². The Balaban J connectivity index is 2.20. The van der Waals surface area contributed by atoms with E-state index in [0.29, 0.717) is 32.5 Å². The summed E-state index contributed by atoms with van der Waals surface area (Å²) in [6, 6.07) is 1.77. The van der Waals surface area contributed by atoms with E-state index in [0.717, 1.165) is 18.4 Å². The highest BCUT2D eigenvalue weighted by Gasteiger charge is 2.43. The maximum absolute atomic E-state index is 14.2. The van der Waals surface area contributed by atoms with Gasteiger partial charge in [0.15, 0.2) is 0 Å². The van der Waals surface area contributed by atoms with Gasteiger partial charge in [-0.15, -0.1) is 0 Å². The highest BCUT2D eigenvalue weighted by Crippen LogP contribution is 2.29. The summed E-state index contributed by atoms with van der Waals surface area (Å²) < 4.78 is 11.9. The van der Waals surface area contributed by atoms with Gasteiger partial charge in [-0.05, 0) is 54.7 Å². The van der Waals surface area contributed by atoms with Gasteiger partial charge in [0, 0.05) is 53.3 Å². The summed E-state index contributed by atoms with van der Waals surface area (Å²) in [6.45, 7) is 15.2. The Hall–Kier alpha value is -3.17. The molecule has 14 heteroatoms. The summed E-state index contributed by atoms with van der Waals surface area (Å²) in [4.78, 5) is 67.2. The number of aromatic nitrogens is 1. The third-order valence-corrected chi connectivity index (χ3v) is 10.5. The first-order valence-electron chi connectivity index (χ1n) is 18.9. The van der Waals surface area contributed by atoms with Crippen LogP contribution in [-0.2, 0) is 39.9 Å². The SMILES string of the molecule is CC[C@H](C)C([C@@H](CC(=O)N1CCC[C@H]1[C@H](OC)[C@@H](C)C(=O)NCCc1ccncc1)OC)N(C)C(=O)[C@@H](NC(=O)[C@@H](NCCON)C(C)C)C(C)C. The number of hydrogen-bond donors (Lipinski definition) is 4. The molecule has 8 atom stereocenters. The molecular weight excluding hydrogens is 666 g/mol. The van der Waals surface area contributed by atoms with Crippen LogP contribution in [0.15, 0.2) is 24.5 Å². The number of ether oxygens (including phenoxy) is 2. The number of nitrogens with zero attached hydrogens (tertiary/aromatic N) is 3. The lowest BCUT2D eigenvalue weighted by Gasteiger charge is -2.41. The molecule has 0 aromatic carbocycles. The van der Waals surface area contributed by atoms with Crippen LogP contribution in [-0.4, -0.2) is 122 Å². The number of methoxy groups -OCH3 is 2. The molecule has 4 amide bonds. The molecule has 14 nitrogen and oxygen atoms in total. The van der Waals surface area contributed by atoms with E-state index in [4.69, 9.17) is 15.4 Å². The molecule has 5 N–H and O–H groups in total. The summed E-state index contributed by atoms with van der Waals surface area (Å²) >= 11 is 0. The monoisotopic (exact) mass is 734 g/mol. The van der Waals surface area contributed by atoms with Gasteiger partial charge in [-0.3, -0.25) is 24.2 Å². The van der Waals surface area contributed by atoms with Gasteiger partial charge >= 0.3 is 0 Å². The molecule has 1 aliphatic heterocycles. The minimum atomic E-state index is -0.797. The van der Waals surface area contributed by atoms with E-state index in [2.05, 4.69) is 25.8 Å². The summed E-state index contributed by atoms with van der Waals surface area (Å²) in [5.74, 6) is 3.63. The highest BCUT2D eigenvalue weighted by atomic mass is 16.6. The van der Waals surface area contributed by atoms with Gasteiger partial charge in [0.1, 0.15) is 6.04 Å². The van der Waals surface area contributed by atoms with Crippen molar-refractivity contribution in [2.24, 2.45) is 29.6 Å². The van der Waals surface area contributed by atoms with Crippen molar-refractivity contribution >= 4 is 23.6 Å². The Morgan fingerprint density at radius 1 is 0.981 bits per heavy atom. The van der Waals surface area contributed by atoms with Gasteiger partial charge in [-0.2, -0.15) is 0 Å². The molecule has 0 aliphatic carbocycles. The second kappa shape index (κ2) is 22.8. The number of carbonyl (C=O) groups is 4. The molecule has 1 aromatic rings. The van der Waals surface area contributed by atoms with E-state index >= 15 is 0 Å². The van der Waals surface area contributed by atoms with Crippen molar-refractivity contribution in [3.63, 3.8) is 0 Å².